The Morgan fingerprint density at radius 2 is 1.68 bits per heavy atom. The van der Waals surface area contributed by atoms with Crippen molar-refractivity contribution in [3.05, 3.63) is 18.2 Å². The number of carbonyl (C=O) groups is 2. The van der Waals surface area contributed by atoms with Crippen molar-refractivity contribution in [1.82, 2.24) is 4.90 Å². The van der Waals surface area contributed by atoms with E-state index < -0.39 is 11.6 Å². The highest BCUT2D eigenvalue weighted by atomic mass is 16.5. The van der Waals surface area contributed by atoms with Crippen LogP contribution >= 0.6 is 0 Å². The van der Waals surface area contributed by atoms with E-state index >= 15 is 0 Å². The maximum Gasteiger partial charge on any atom is 0.242 e. The number of carbonyl (C=O) groups excluding carboxylic acids is 2. The molecule has 1 unspecified atom stereocenters. The highest BCUT2D eigenvalue weighted by molar-refractivity contribution is 6.00. The van der Waals surface area contributed by atoms with Crippen LogP contribution in [0.5, 0.6) is 5.75 Å². The number of unbranched alkanes of at least 4 members (excludes halogenated alkanes) is 2. The Balaban J connectivity index is 0.00000233. The zero-order chi connectivity index (χ0) is 23.6. The Morgan fingerprint density at radius 1 is 1.10 bits per heavy atom. The van der Waals surface area contributed by atoms with E-state index in [0.717, 1.165) is 55.9 Å². The topological polar surface area (TPSA) is 61.9 Å². The predicted octanol–water partition coefficient (Wildman–Crippen LogP) is 5.32. The fraction of sp³-hybridized carbons (Fsp3) is 0.680. The van der Waals surface area contributed by atoms with Crippen LogP contribution in [0.15, 0.2) is 18.2 Å². The number of amides is 1. The summed E-state index contributed by atoms with van der Waals surface area (Å²) in [5.41, 5.74) is 1.18. The molecule has 0 saturated heterocycles. The SMILES string of the molecule is CC.CCCCN(CCCC)C(=O)CN1c2ccc(OC)cc2NC1C(=O)C(C)(C)C. The first-order valence-electron chi connectivity index (χ1n) is 11.8. The van der Waals surface area contributed by atoms with Crippen molar-refractivity contribution < 1.29 is 14.3 Å². The molecule has 1 aromatic rings. The maximum absolute atomic E-state index is 13.2. The minimum Gasteiger partial charge on any atom is -0.497 e. The van der Waals surface area contributed by atoms with Crippen LogP contribution in [0, 0.1) is 5.41 Å². The smallest absolute Gasteiger partial charge is 0.242 e. The summed E-state index contributed by atoms with van der Waals surface area (Å²) >= 11 is 0. The van der Waals surface area contributed by atoms with Crippen molar-refractivity contribution in [1.29, 1.82) is 0 Å². The first kappa shape index (κ1) is 26.8. The number of anilines is 2. The van der Waals surface area contributed by atoms with Crippen LogP contribution in [0.2, 0.25) is 0 Å². The quantitative estimate of drug-likeness (QED) is 0.541. The van der Waals surface area contributed by atoms with Gasteiger partial charge in [0, 0.05) is 24.6 Å². The number of rotatable bonds is 10. The van der Waals surface area contributed by atoms with Gasteiger partial charge in [0.15, 0.2) is 11.9 Å². The molecule has 0 saturated carbocycles. The van der Waals surface area contributed by atoms with Crippen molar-refractivity contribution in [2.45, 2.75) is 80.3 Å². The van der Waals surface area contributed by atoms with Crippen molar-refractivity contribution >= 4 is 23.1 Å². The van der Waals surface area contributed by atoms with Gasteiger partial charge in [-0.1, -0.05) is 61.3 Å². The Morgan fingerprint density at radius 3 is 2.16 bits per heavy atom. The first-order chi connectivity index (χ1) is 14.7. The minimum atomic E-state index is -0.555. The van der Waals surface area contributed by atoms with E-state index in [1.807, 2.05) is 62.6 Å². The van der Waals surface area contributed by atoms with Gasteiger partial charge in [-0.2, -0.15) is 0 Å². The van der Waals surface area contributed by atoms with Crippen LogP contribution in [0.1, 0.15) is 74.1 Å². The van der Waals surface area contributed by atoms with Crippen LogP contribution < -0.4 is 15.0 Å². The van der Waals surface area contributed by atoms with Gasteiger partial charge < -0.3 is 19.9 Å². The molecule has 0 aliphatic carbocycles. The molecule has 6 nitrogen and oxygen atoms in total. The second kappa shape index (κ2) is 12.6. The molecule has 6 heteroatoms. The van der Waals surface area contributed by atoms with Gasteiger partial charge in [-0.05, 0) is 25.0 Å². The number of ketones is 1. The summed E-state index contributed by atoms with van der Waals surface area (Å²) in [6.07, 6.45) is 3.53. The second-order valence-corrected chi connectivity index (χ2v) is 8.76. The van der Waals surface area contributed by atoms with Gasteiger partial charge in [-0.3, -0.25) is 9.59 Å². The molecule has 0 spiro atoms. The average Bonchev–Trinajstić information content (AvgIpc) is 3.11. The third kappa shape index (κ3) is 7.15. The van der Waals surface area contributed by atoms with Crippen LogP contribution in [0.3, 0.4) is 0 Å². The Labute approximate surface area is 189 Å². The molecule has 1 aliphatic heterocycles. The number of hydrogen-bond acceptors (Lipinski definition) is 5. The van der Waals surface area contributed by atoms with Gasteiger partial charge >= 0.3 is 0 Å². The van der Waals surface area contributed by atoms with Gasteiger partial charge in [-0.15, -0.1) is 0 Å². The molecule has 31 heavy (non-hydrogen) atoms. The molecule has 0 aromatic heterocycles. The van der Waals surface area contributed by atoms with E-state index in [0.29, 0.717) is 0 Å². The fourth-order valence-electron chi connectivity index (χ4n) is 3.47. The van der Waals surface area contributed by atoms with Gasteiger partial charge in [0.1, 0.15) is 5.75 Å². The van der Waals surface area contributed by atoms with Crippen molar-refractivity contribution in [2.24, 2.45) is 5.41 Å². The normalized spacial score (nSPS) is 14.8. The second-order valence-electron chi connectivity index (χ2n) is 8.76. The minimum absolute atomic E-state index is 0.0640. The fourth-order valence-corrected chi connectivity index (χ4v) is 3.47. The number of Topliss-reactive ketones (excluding diaryl/α,β-unsaturated/α-hetero) is 1. The highest BCUT2D eigenvalue weighted by Crippen LogP contribution is 2.39. The standard InChI is InChI=1S/C23H37N3O3.C2H6/c1-7-9-13-25(14-10-8-2)20(27)16-26-19-12-11-17(29-6)15-18(19)24-22(26)21(28)23(3,4)5;1-2/h11-12,15,22,24H,7-10,13-14,16H2,1-6H3;1-2H3. The van der Waals surface area contributed by atoms with Gasteiger partial charge in [0.25, 0.3) is 0 Å². The largest absolute Gasteiger partial charge is 0.497 e. The summed E-state index contributed by atoms with van der Waals surface area (Å²) < 4.78 is 5.33. The molecule has 1 amide bonds. The number of fused-ring (bicyclic) bond motifs is 1. The number of nitrogens with one attached hydrogen (secondary N) is 1. The van der Waals surface area contributed by atoms with E-state index in [1.165, 1.54) is 0 Å². The molecular weight excluding hydrogens is 390 g/mol. The lowest BCUT2D eigenvalue weighted by Crippen LogP contribution is -2.51. The molecular formula is C25H43N3O3. The van der Waals surface area contributed by atoms with Crippen molar-refractivity contribution in [3.8, 4) is 5.75 Å². The van der Waals surface area contributed by atoms with Crippen LogP contribution in [-0.4, -0.2) is 49.5 Å². The van der Waals surface area contributed by atoms with E-state index in [-0.39, 0.29) is 18.2 Å². The molecule has 0 fully saturated rings. The zero-order valence-electron chi connectivity index (χ0n) is 20.9. The Kier molecular flexibility index (Phi) is 10.9. The molecule has 1 heterocycles. The molecule has 2 rings (SSSR count). The summed E-state index contributed by atoms with van der Waals surface area (Å²) in [6, 6.07) is 5.68. The third-order valence-electron chi connectivity index (χ3n) is 5.33. The van der Waals surface area contributed by atoms with Gasteiger partial charge in [0.2, 0.25) is 5.91 Å². The van der Waals surface area contributed by atoms with Gasteiger partial charge in [-0.25, -0.2) is 0 Å². The van der Waals surface area contributed by atoms with Crippen LogP contribution in [0.4, 0.5) is 11.4 Å². The average molecular weight is 434 g/mol. The molecule has 1 N–H and O–H groups in total. The molecule has 1 atom stereocenters. The molecule has 0 bridgehead atoms. The Bertz CT molecular complexity index is 704. The number of methoxy groups -OCH3 is 1. The first-order valence-corrected chi connectivity index (χ1v) is 11.8. The summed E-state index contributed by atoms with van der Waals surface area (Å²) in [5.74, 6) is 0.858. The third-order valence-corrected chi connectivity index (χ3v) is 5.33. The number of nitrogens with zero attached hydrogens (tertiary/aromatic N) is 2. The lowest BCUT2D eigenvalue weighted by Gasteiger charge is -2.32. The number of ether oxygens (including phenoxy) is 1. The lowest BCUT2D eigenvalue weighted by atomic mass is 9.88. The van der Waals surface area contributed by atoms with E-state index in [9.17, 15) is 9.59 Å². The molecule has 1 aliphatic rings. The summed E-state index contributed by atoms with van der Waals surface area (Å²) in [4.78, 5) is 30.2. The molecule has 1 aromatic carbocycles. The maximum atomic E-state index is 13.2. The highest BCUT2D eigenvalue weighted by Gasteiger charge is 2.40. The number of benzene rings is 1. The van der Waals surface area contributed by atoms with Crippen LogP contribution in [-0.2, 0) is 9.59 Å². The summed E-state index contributed by atoms with van der Waals surface area (Å²) in [7, 11) is 1.62. The van der Waals surface area contributed by atoms with E-state index in [1.54, 1.807) is 7.11 Å². The zero-order valence-corrected chi connectivity index (χ0v) is 20.9. The summed E-state index contributed by atoms with van der Waals surface area (Å²) in [5, 5.41) is 3.32. The monoisotopic (exact) mass is 433 g/mol. The summed E-state index contributed by atoms with van der Waals surface area (Å²) in [6.45, 7) is 15.7. The van der Waals surface area contributed by atoms with Crippen LogP contribution in [0.25, 0.3) is 0 Å². The van der Waals surface area contributed by atoms with E-state index in [2.05, 4.69) is 19.2 Å². The predicted molar refractivity (Wildman–Crippen MR) is 130 cm³/mol. The van der Waals surface area contributed by atoms with Gasteiger partial charge in [0.05, 0.1) is 25.0 Å². The number of hydrogen-bond donors (Lipinski definition) is 1. The molecule has 0 radical (unpaired) electrons. The van der Waals surface area contributed by atoms with E-state index in [4.69, 9.17) is 4.74 Å². The Hall–Kier alpha value is -2.24. The van der Waals surface area contributed by atoms with Crippen molar-refractivity contribution in [2.75, 3.05) is 37.0 Å². The lowest BCUT2D eigenvalue weighted by molar-refractivity contribution is -0.130. The van der Waals surface area contributed by atoms with Crippen molar-refractivity contribution in [3.63, 3.8) is 0 Å². The molecule has 176 valence electrons.